The third-order valence-electron chi connectivity index (χ3n) is 5.79. The minimum absolute atomic E-state index is 0.112. The molecule has 1 saturated heterocycles. The Balaban J connectivity index is 1.83. The molecule has 1 aliphatic heterocycles. The summed E-state index contributed by atoms with van der Waals surface area (Å²) in [4.78, 5) is 21.7. The largest absolute Gasteiger partial charge is 0.294 e. The smallest absolute Gasteiger partial charge is 0.167 e. The quantitative estimate of drug-likeness (QED) is 0.366. The maximum Gasteiger partial charge on any atom is 0.167 e. The summed E-state index contributed by atoms with van der Waals surface area (Å²) in [7, 11) is 0. The summed E-state index contributed by atoms with van der Waals surface area (Å²) in [6.07, 6.45) is 5.83. The summed E-state index contributed by atoms with van der Waals surface area (Å²) < 4.78 is 0. The second kappa shape index (κ2) is 9.21. The van der Waals surface area contributed by atoms with Crippen molar-refractivity contribution in [3.63, 3.8) is 0 Å². The number of piperidine rings is 1. The Labute approximate surface area is 189 Å². The molecule has 1 aliphatic rings. The van der Waals surface area contributed by atoms with E-state index in [0.29, 0.717) is 6.54 Å². The van der Waals surface area contributed by atoms with E-state index in [1.807, 2.05) is 44.2 Å². The fraction of sp³-hybridized carbons (Fsp3) is 0.259. The third-order valence-corrected chi connectivity index (χ3v) is 6.53. The average molecular weight is 429 g/mol. The van der Waals surface area contributed by atoms with E-state index in [4.69, 9.17) is 0 Å². The summed E-state index contributed by atoms with van der Waals surface area (Å²) in [5.41, 5.74) is 3.54. The normalized spacial score (nSPS) is 20.2. The van der Waals surface area contributed by atoms with Gasteiger partial charge >= 0.3 is 0 Å². The van der Waals surface area contributed by atoms with Crippen molar-refractivity contribution in [1.29, 1.82) is 0 Å². The van der Waals surface area contributed by atoms with Crippen molar-refractivity contribution in [3.8, 4) is 0 Å². The molecular formula is C27H28N2OS. The van der Waals surface area contributed by atoms with Crippen molar-refractivity contribution < 1.29 is 4.79 Å². The van der Waals surface area contributed by atoms with Crippen LogP contribution in [0.2, 0.25) is 0 Å². The molecule has 0 N–H and O–H groups in total. The van der Waals surface area contributed by atoms with Crippen LogP contribution in [0.25, 0.3) is 6.08 Å². The van der Waals surface area contributed by atoms with Gasteiger partial charge in [-0.3, -0.25) is 14.7 Å². The first-order valence-corrected chi connectivity index (χ1v) is 11.8. The highest BCUT2D eigenvalue weighted by molar-refractivity contribution is 7.98. The van der Waals surface area contributed by atoms with Gasteiger partial charge in [-0.2, -0.15) is 0 Å². The molecule has 0 spiro atoms. The van der Waals surface area contributed by atoms with Crippen LogP contribution in [0.1, 0.15) is 36.7 Å². The van der Waals surface area contributed by atoms with Crippen LogP contribution in [0.3, 0.4) is 0 Å². The zero-order valence-corrected chi connectivity index (χ0v) is 19.1. The molecule has 0 bridgehead atoms. The van der Waals surface area contributed by atoms with Crippen LogP contribution < -0.4 is 0 Å². The van der Waals surface area contributed by atoms with Crippen LogP contribution in [0.15, 0.2) is 89.5 Å². The van der Waals surface area contributed by atoms with Gasteiger partial charge in [0.15, 0.2) is 5.78 Å². The molecule has 4 heteroatoms. The van der Waals surface area contributed by atoms with E-state index in [0.717, 1.165) is 23.4 Å². The molecule has 1 fully saturated rings. The molecular weight excluding hydrogens is 400 g/mol. The Morgan fingerprint density at radius 2 is 1.74 bits per heavy atom. The monoisotopic (exact) mass is 428 g/mol. The number of pyridine rings is 1. The molecule has 2 heterocycles. The lowest BCUT2D eigenvalue weighted by Gasteiger charge is -2.44. The molecule has 0 radical (unpaired) electrons. The number of likely N-dealkylation sites (tertiary alicyclic amines) is 1. The van der Waals surface area contributed by atoms with Crippen LogP contribution >= 0.6 is 11.8 Å². The van der Waals surface area contributed by atoms with Crippen molar-refractivity contribution in [2.24, 2.45) is 5.41 Å². The highest BCUT2D eigenvalue weighted by atomic mass is 32.2. The zero-order valence-electron chi connectivity index (χ0n) is 18.3. The van der Waals surface area contributed by atoms with Crippen LogP contribution in [0.4, 0.5) is 0 Å². The average Bonchev–Trinajstić information content (AvgIpc) is 2.79. The van der Waals surface area contributed by atoms with E-state index in [1.54, 1.807) is 18.0 Å². The van der Waals surface area contributed by atoms with Crippen molar-refractivity contribution in [3.05, 3.63) is 101 Å². The molecule has 2 aromatic carbocycles. The van der Waals surface area contributed by atoms with Crippen molar-refractivity contribution in [1.82, 2.24) is 9.88 Å². The highest BCUT2D eigenvalue weighted by Crippen LogP contribution is 2.42. The SMILES string of the molecule is CSc1ccc(C2C(=Cc3ccccn3)C(=O)C(C)(C)CN2Cc2ccccc2)cc1. The van der Waals surface area contributed by atoms with Gasteiger partial charge in [0, 0.05) is 35.2 Å². The van der Waals surface area contributed by atoms with E-state index >= 15 is 0 Å². The Morgan fingerprint density at radius 1 is 1.03 bits per heavy atom. The highest BCUT2D eigenvalue weighted by Gasteiger charge is 2.43. The van der Waals surface area contributed by atoms with E-state index in [-0.39, 0.29) is 11.8 Å². The molecule has 0 saturated carbocycles. The maximum absolute atomic E-state index is 13.6. The molecule has 1 atom stereocenters. The van der Waals surface area contributed by atoms with E-state index in [1.165, 1.54) is 10.5 Å². The Kier molecular flexibility index (Phi) is 6.40. The molecule has 1 aromatic heterocycles. The van der Waals surface area contributed by atoms with Crippen molar-refractivity contribution in [2.75, 3.05) is 12.8 Å². The first kappa shape index (κ1) is 21.5. The third kappa shape index (κ3) is 4.81. The predicted octanol–water partition coefficient (Wildman–Crippen LogP) is 6.04. The fourth-order valence-corrected chi connectivity index (χ4v) is 4.70. The molecule has 1 unspecified atom stereocenters. The Morgan fingerprint density at radius 3 is 2.39 bits per heavy atom. The summed E-state index contributed by atoms with van der Waals surface area (Å²) in [5.74, 6) is 0.196. The van der Waals surface area contributed by atoms with Gasteiger partial charge in [0.1, 0.15) is 0 Å². The lowest BCUT2D eigenvalue weighted by Crippen LogP contribution is -2.49. The van der Waals surface area contributed by atoms with Gasteiger partial charge in [0.05, 0.1) is 11.7 Å². The topological polar surface area (TPSA) is 33.2 Å². The number of aromatic nitrogens is 1. The van der Waals surface area contributed by atoms with Gasteiger partial charge in [-0.15, -0.1) is 11.8 Å². The van der Waals surface area contributed by atoms with Gasteiger partial charge in [-0.25, -0.2) is 0 Å². The molecule has 3 nitrogen and oxygen atoms in total. The number of hydrogen-bond acceptors (Lipinski definition) is 4. The molecule has 0 aliphatic carbocycles. The van der Waals surface area contributed by atoms with Gasteiger partial charge in [0.2, 0.25) is 0 Å². The summed E-state index contributed by atoms with van der Waals surface area (Å²) in [6.45, 7) is 5.58. The Bertz CT molecular complexity index is 1060. The maximum atomic E-state index is 13.6. The van der Waals surface area contributed by atoms with Crippen LogP contribution in [0.5, 0.6) is 0 Å². The van der Waals surface area contributed by atoms with Crippen LogP contribution in [-0.2, 0) is 11.3 Å². The molecule has 3 aromatic rings. The zero-order chi connectivity index (χ0) is 21.8. The molecule has 0 amide bonds. The number of rotatable bonds is 5. The van der Waals surface area contributed by atoms with E-state index < -0.39 is 5.41 Å². The number of carbonyl (C=O) groups excluding carboxylic acids is 1. The number of carbonyl (C=O) groups is 1. The number of hydrogen-bond donors (Lipinski definition) is 0. The van der Waals surface area contributed by atoms with Crippen molar-refractivity contribution >= 4 is 23.6 Å². The predicted molar refractivity (Wildman–Crippen MR) is 129 cm³/mol. The number of thioether (sulfide) groups is 1. The van der Waals surface area contributed by atoms with Gasteiger partial charge in [-0.1, -0.05) is 62.4 Å². The second-order valence-electron chi connectivity index (χ2n) is 8.63. The summed E-state index contributed by atoms with van der Waals surface area (Å²) >= 11 is 1.73. The van der Waals surface area contributed by atoms with E-state index in [2.05, 4.69) is 64.7 Å². The molecule has 31 heavy (non-hydrogen) atoms. The van der Waals surface area contributed by atoms with Gasteiger partial charge in [0.25, 0.3) is 0 Å². The summed E-state index contributed by atoms with van der Waals surface area (Å²) in [6, 6.07) is 24.8. The van der Waals surface area contributed by atoms with Crippen molar-refractivity contribution in [2.45, 2.75) is 31.3 Å². The minimum atomic E-state index is -0.467. The summed E-state index contributed by atoms with van der Waals surface area (Å²) in [5, 5.41) is 0. The van der Waals surface area contributed by atoms with Crippen LogP contribution in [-0.4, -0.2) is 28.5 Å². The number of Topliss-reactive ketones (excluding diaryl/α,β-unsaturated/α-hetero) is 1. The number of nitrogens with zero attached hydrogens (tertiary/aromatic N) is 2. The van der Waals surface area contributed by atoms with E-state index in [9.17, 15) is 4.79 Å². The van der Waals surface area contributed by atoms with Crippen LogP contribution in [0, 0.1) is 5.41 Å². The standard InChI is InChI=1S/C27H28N2OS/c1-27(2)19-29(18-20-9-5-4-6-10-20)25(21-12-14-23(31-3)15-13-21)24(26(27)30)17-22-11-7-8-16-28-22/h4-17,25H,18-19H2,1-3H3. The molecule has 158 valence electrons. The number of ketones is 1. The Hall–Kier alpha value is -2.69. The lowest BCUT2D eigenvalue weighted by atomic mass is 9.74. The van der Waals surface area contributed by atoms with Gasteiger partial charge < -0.3 is 0 Å². The second-order valence-corrected chi connectivity index (χ2v) is 9.51. The lowest BCUT2D eigenvalue weighted by molar-refractivity contribution is -0.128. The first-order chi connectivity index (χ1) is 15.0. The fourth-order valence-electron chi connectivity index (χ4n) is 4.29. The van der Waals surface area contributed by atoms with Gasteiger partial charge in [-0.05, 0) is 47.7 Å². The molecule has 4 rings (SSSR count). The number of benzene rings is 2. The first-order valence-electron chi connectivity index (χ1n) is 10.6. The minimum Gasteiger partial charge on any atom is -0.294 e.